The Kier molecular flexibility index (Phi) is 5.10. The zero-order chi connectivity index (χ0) is 15.5. The van der Waals surface area contributed by atoms with Gasteiger partial charge in [0.2, 0.25) is 10.0 Å². The standard InChI is InChI=1S/C14H15BrN2O3S/c1-10-3-2-6-16-13(10)8-17-21(19,20)14-7-11(9-18)4-5-12(14)15/h2-7,17-18H,8-9H2,1H3. The minimum atomic E-state index is -3.69. The summed E-state index contributed by atoms with van der Waals surface area (Å²) in [5, 5.41) is 9.12. The molecule has 112 valence electrons. The largest absolute Gasteiger partial charge is 0.392 e. The number of halogens is 1. The topological polar surface area (TPSA) is 79.3 Å². The van der Waals surface area contributed by atoms with Crippen molar-refractivity contribution in [3.05, 3.63) is 57.8 Å². The number of aryl methyl sites for hydroxylation is 1. The van der Waals surface area contributed by atoms with Crippen LogP contribution in [0.4, 0.5) is 0 Å². The second-order valence-corrected chi connectivity index (χ2v) is 7.10. The minimum Gasteiger partial charge on any atom is -0.392 e. The predicted octanol–water partition coefficient (Wildman–Crippen LogP) is 2.12. The number of rotatable bonds is 5. The average molecular weight is 371 g/mol. The summed E-state index contributed by atoms with van der Waals surface area (Å²) in [6, 6.07) is 8.38. The maximum atomic E-state index is 12.4. The normalized spacial score (nSPS) is 11.6. The summed E-state index contributed by atoms with van der Waals surface area (Å²) in [5.41, 5.74) is 2.13. The van der Waals surface area contributed by atoms with Crippen LogP contribution in [0.2, 0.25) is 0 Å². The van der Waals surface area contributed by atoms with Crippen LogP contribution in [-0.4, -0.2) is 18.5 Å². The third-order valence-corrected chi connectivity index (χ3v) is 5.41. The molecule has 0 atom stereocenters. The molecule has 1 aromatic carbocycles. The second kappa shape index (κ2) is 6.65. The molecule has 0 saturated heterocycles. The van der Waals surface area contributed by atoms with Crippen LogP contribution in [0.25, 0.3) is 0 Å². The first-order chi connectivity index (χ1) is 9.94. The van der Waals surface area contributed by atoms with Crippen molar-refractivity contribution in [3.8, 4) is 0 Å². The van der Waals surface area contributed by atoms with Gasteiger partial charge in [0, 0.05) is 10.7 Å². The fourth-order valence-electron chi connectivity index (χ4n) is 1.80. The van der Waals surface area contributed by atoms with Crippen molar-refractivity contribution in [2.45, 2.75) is 25.0 Å². The molecule has 0 amide bonds. The van der Waals surface area contributed by atoms with E-state index in [1.165, 1.54) is 6.07 Å². The third kappa shape index (κ3) is 3.88. The molecule has 0 fully saturated rings. The van der Waals surface area contributed by atoms with Gasteiger partial charge in [0.05, 0.1) is 23.7 Å². The molecule has 5 nitrogen and oxygen atoms in total. The molecule has 0 aliphatic carbocycles. The number of hydrogen-bond donors (Lipinski definition) is 2. The molecule has 2 rings (SSSR count). The molecule has 2 N–H and O–H groups in total. The van der Waals surface area contributed by atoms with Crippen LogP contribution in [0, 0.1) is 6.92 Å². The van der Waals surface area contributed by atoms with Crippen molar-refractivity contribution in [3.63, 3.8) is 0 Å². The molecule has 0 aliphatic rings. The summed E-state index contributed by atoms with van der Waals surface area (Å²) in [4.78, 5) is 4.25. The molecule has 0 bridgehead atoms. The predicted molar refractivity (Wildman–Crippen MR) is 83.1 cm³/mol. The maximum Gasteiger partial charge on any atom is 0.242 e. The third-order valence-electron chi connectivity index (χ3n) is 3.02. The Bertz CT molecular complexity index is 748. The molecule has 0 radical (unpaired) electrons. The quantitative estimate of drug-likeness (QED) is 0.844. The highest BCUT2D eigenvalue weighted by Gasteiger charge is 2.18. The number of nitrogens with zero attached hydrogens (tertiary/aromatic N) is 1. The van der Waals surface area contributed by atoms with Crippen LogP contribution < -0.4 is 4.72 Å². The first-order valence-corrected chi connectivity index (χ1v) is 8.51. The molecule has 21 heavy (non-hydrogen) atoms. The first-order valence-electron chi connectivity index (χ1n) is 6.23. The molecule has 0 spiro atoms. The number of aliphatic hydroxyl groups is 1. The van der Waals surface area contributed by atoms with Gasteiger partial charge in [-0.25, -0.2) is 13.1 Å². The number of nitrogens with one attached hydrogen (secondary N) is 1. The molecule has 0 unspecified atom stereocenters. The number of benzene rings is 1. The Morgan fingerprint density at radius 2 is 2.10 bits per heavy atom. The lowest BCUT2D eigenvalue weighted by Crippen LogP contribution is -2.24. The zero-order valence-electron chi connectivity index (χ0n) is 11.4. The highest BCUT2D eigenvalue weighted by molar-refractivity contribution is 9.10. The van der Waals surface area contributed by atoms with E-state index >= 15 is 0 Å². The van der Waals surface area contributed by atoms with E-state index in [-0.39, 0.29) is 18.0 Å². The summed E-state index contributed by atoms with van der Waals surface area (Å²) < 4.78 is 27.7. The van der Waals surface area contributed by atoms with E-state index in [1.54, 1.807) is 24.4 Å². The van der Waals surface area contributed by atoms with E-state index in [2.05, 4.69) is 25.6 Å². The Hall–Kier alpha value is -1.28. The molecule has 1 heterocycles. The van der Waals surface area contributed by atoms with Gasteiger partial charge in [-0.1, -0.05) is 12.1 Å². The van der Waals surface area contributed by atoms with Crippen LogP contribution in [0.15, 0.2) is 45.9 Å². The van der Waals surface area contributed by atoms with Crippen molar-refractivity contribution in [1.82, 2.24) is 9.71 Å². The number of aromatic nitrogens is 1. The molecule has 2 aromatic rings. The summed E-state index contributed by atoms with van der Waals surface area (Å²) in [6.07, 6.45) is 1.62. The summed E-state index contributed by atoms with van der Waals surface area (Å²) >= 11 is 3.22. The Labute approximate surface area is 132 Å². The van der Waals surface area contributed by atoms with Crippen molar-refractivity contribution in [1.29, 1.82) is 0 Å². The van der Waals surface area contributed by atoms with Crippen LogP contribution >= 0.6 is 15.9 Å². The van der Waals surface area contributed by atoms with Gasteiger partial charge in [-0.2, -0.15) is 0 Å². The summed E-state index contributed by atoms with van der Waals surface area (Å²) in [7, 11) is -3.69. The van der Waals surface area contributed by atoms with Gasteiger partial charge in [0.25, 0.3) is 0 Å². The molecule has 0 saturated carbocycles. The van der Waals surface area contributed by atoms with E-state index in [0.717, 1.165) is 5.56 Å². The Balaban J connectivity index is 2.25. The maximum absolute atomic E-state index is 12.4. The number of aliphatic hydroxyl groups excluding tert-OH is 1. The van der Waals surface area contributed by atoms with Gasteiger partial charge >= 0.3 is 0 Å². The van der Waals surface area contributed by atoms with E-state index in [9.17, 15) is 8.42 Å². The molecule has 7 heteroatoms. The summed E-state index contributed by atoms with van der Waals surface area (Å²) in [5.74, 6) is 0. The van der Waals surface area contributed by atoms with Crippen molar-refractivity contribution < 1.29 is 13.5 Å². The number of hydrogen-bond acceptors (Lipinski definition) is 4. The van der Waals surface area contributed by atoms with Gasteiger partial charge in [-0.15, -0.1) is 0 Å². The monoisotopic (exact) mass is 370 g/mol. The highest BCUT2D eigenvalue weighted by Crippen LogP contribution is 2.23. The van der Waals surface area contributed by atoms with Gasteiger partial charge in [0.15, 0.2) is 0 Å². The van der Waals surface area contributed by atoms with Crippen molar-refractivity contribution in [2.24, 2.45) is 0 Å². The highest BCUT2D eigenvalue weighted by atomic mass is 79.9. The van der Waals surface area contributed by atoms with Crippen molar-refractivity contribution >= 4 is 26.0 Å². The Morgan fingerprint density at radius 3 is 2.76 bits per heavy atom. The van der Waals surface area contributed by atoms with Gasteiger partial charge < -0.3 is 5.11 Å². The lowest BCUT2D eigenvalue weighted by atomic mass is 10.2. The van der Waals surface area contributed by atoms with Crippen LogP contribution in [0.3, 0.4) is 0 Å². The lowest BCUT2D eigenvalue weighted by molar-refractivity contribution is 0.281. The molecule has 0 aliphatic heterocycles. The fraction of sp³-hybridized carbons (Fsp3) is 0.214. The van der Waals surface area contributed by atoms with E-state index < -0.39 is 10.0 Å². The minimum absolute atomic E-state index is 0.0997. The second-order valence-electron chi connectivity index (χ2n) is 4.51. The summed E-state index contributed by atoms with van der Waals surface area (Å²) in [6.45, 7) is 1.78. The van der Waals surface area contributed by atoms with E-state index in [4.69, 9.17) is 5.11 Å². The van der Waals surface area contributed by atoms with Gasteiger partial charge in [0.1, 0.15) is 0 Å². The molecular weight excluding hydrogens is 356 g/mol. The SMILES string of the molecule is Cc1cccnc1CNS(=O)(=O)c1cc(CO)ccc1Br. The van der Waals surface area contributed by atoms with Gasteiger partial charge in [-0.3, -0.25) is 4.98 Å². The number of sulfonamides is 1. The smallest absolute Gasteiger partial charge is 0.242 e. The van der Waals surface area contributed by atoms with Crippen LogP contribution in [0.1, 0.15) is 16.8 Å². The number of pyridine rings is 1. The van der Waals surface area contributed by atoms with E-state index in [1.807, 2.05) is 13.0 Å². The zero-order valence-corrected chi connectivity index (χ0v) is 13.8. The van der Waals surface area contributed by atoms with Crippen LogP contribution in [0.5, 0.6) is 0 Å². The van der Waals surface area contributed by atoms with Crippen molar-refractivity contribution in [2.75, 3.05) is 0 Å². The van der Waals surface area contributed by atoms with Gasteiger partial charge in [-0.05, 0) is 52.2 Å². The molecular formula is C14H15BrN2O3S. The first kappa shape index (κ1) is 16.1. The average Bonchev–Trinajstić information content (AvgIpc) is 2.47. The Morgan fingerprint density at radius 1 is 1.33 bits per heavy atom. The molecule has 1 aromatic heterocycles. The lowest BCUT2D eigenvalue weighted by Gasteiger charge is -2.10. The van der Waals surface area contributed by atoms with Crippen LogP contribution in [-0.2, 0) is 23.2 Å². The van der Waals surface area contributed by atoms with E-state index in [0.29, 0.717) is 15.7 Å². The fourth-order valence-corrected chi connectivity index (χ4v) is 3.80.